The topological polar surface area (TPSA) is 111 Å². The summed E-state index contributed by atoms with van der Waals surface area (Å²) in [4.78, 5) is 28.1. The highest BCUT2D eigenvalue weighted by molar-refractivity contribution is 5.93. The molecule has 0 aromatic carbocycles. The number of carbonyl (C=O) groups is 2. The van der Waals surface area contributed by atoms with Gasteiger partial charge in [-0.3, -0.25) is 14.6 Å². The van der Waals surface area contributed by atoms with E-state index in [9.17, 15) is 9.59 Å². The molecule has 2 aliphatic rings. The number of primary amides is 1. The van der Waals surface area contributed by atoms with Crippen LogP contribution >= 0.6 is 0 Å². The van der Waals surface area contributed by atoms with Gasteiger partial charge in [0.25, 0.3) is 5.91 Å². The van der Waals surface area contributed by atoms with E-state index in [1.54, 1.807) is 18.3 Å². The molecule has 0 atom stereocenters. The Bertz CT molecular complexity index is 959. The number of aromatic nitrogens is 2. The van der Waals surface area contributed by atoms with Crippen molar-refractivity contribution < 1.29 is 14.1 Å². The van der Waals surface area contributed by atoms with Crippen molar-refractivity contribution in [2.45, 2.75) is 56.4 Å². The Morgan fingerprint density at radius 2 is 1.96 bits per heavy atom. The van der Waals surface area contributed by atoms with E-state index in [2.05, 4.69) is 27.3 Å². The third-order valence-electron chi connectivity index (χ3n) is 5.27. The maximum Gasteiger partial charge on any atom is 0.274 e. The second kappa shape index (κ2) is 7.47. The Morgan fingerprint density at radius 1 is 1.18 bits per heavy atom. The van der Waals surface area contributed by atoms with Gasteiger partial charge in [-0.05, 0) is 31.7 Å². The van der Waals surface area contributed by atoms with E-state index >= 15 is 0 Å². The van der Waals surface area contributed by atoms with Crippen LogP contribution in [0.3, 0.4) is 0 Å². The third kappa shape index (κ3) is 4.06. The van der Waals surface area contributed by atoms with Crippen LogP contribution < -0.4 is 11.1 Å². The quantitative estimate of drug-likeness (QED) is 0.794. The van der Waals surface area contributed by atoms with Crippen LogP contribution in [-0.4, -0.2) is 27.5 Å². The number of nitrogens with zero attached hydrogens (tertiary/aromatic N) is 2. The van der Waals surface area contributed by atoms with Crippen molar-refractivity contribution in [1.29, 1.82) is 0 Å². The highest BCUT2D eigenvalue weighted by atomic mass is 16.5. The Kier molecular flexibility index (Phi) is 4.86. The lowest BCUT2D eigenvalue weighted by Gasteiger charge is -2.33. The average molecular weight is 378 g/mol. The zero-order valence-electron chi connectivity index (χ0n) is 15.5. The molecular weight excluding hydrogens is 356 g/mol. The Labute approximate surface area is 163 Å². The van der Waals surface area contributed by atoms with Gasteiger partial charge in [-0.2, -0.15) is 0 Å². The monoisotopic (exact) mass is 378 g/mol. The summed E-state index contributed by atoms with van der Waals surface area (Å²) in [5, 5.41) is 7.01. The number of hydrogen-bond donors (Lipinski definition) is 2. The summed E-state index contributed by atoms with van der Waals surface area (Å²) >= 11 is 0. The molecule has 2 saturated carbocycles. The fourth-order valence-electron chi connectivity index (χ4n) is 3.51. The lowest BCUT2D eigenvalue weighted by molar-refractivity contribution is 0.0893. The zero-order valence-corrected chi connectivity index (χ0v) is 15.5. The molecular formula is C21H22N4O3. The van der Waals surface area contributed by atoms with Gasteiger partial charge >= 0.3 is 0 Å². The van der Waals surface area contributed by atoms with Crippen molar-refractivity contribution in [2.24, 2.45) is 5.73 Å². The molecule has 7 heteroatoms. The lowest BCUT2D eigenvalue weighted by atomic mass is 9.82. The highest BCUT2D eigenvalue weighted by Gasteiger charge is 2.34. The maximum absolute atomic E-state index is 12.8. The molecule has 0 unspecified atom stereocenters. The van der Waals surface area contributed by atoms with E-state index in [1.807, 2.05) is 0 Å². The first-order chi connectivity index (χ1) is 13.5. The van der Waals surface area contributed by atoms with Crippen LogP contribution in [0.1, 0.15) is 83.0 Å². The van der Waals surface area contributed by atoms with Gasteiger partial charge in [0.2, 0.25) is 5.91 Å². The number of amides is 2. The Hall–Kier alpha value is -3.14. The zero-order chi connectivity index (χ0) is 19.6. The molecule has 144 valence electrons. The number of nitrogens with one attached hydrogen (secondary N) is 1. The SMILES string of the molecule is NC(=O)c1cncc(C#CC2(NC(=O)c3cc(C4CC4)on3)CCCCC2)c1. The van der Waals surface area contributed by atoms with Gasteiger partial charge in [-0.15, -0.1) is 0 Å². The van der Waals surface area contributed by atoms with E-state index in [4.69, 9.17) is 10.3 Å². The van der Waals surface area contributed by atoms with Crippen LogP contribution in [0.2, 0.25) is 0 Å². The van der Waals surface area contributed by atoms with Gasteiger partial charge in [0.15, 0.2) is 5.69 Å². The van der Waals surface area contributed by atoms with Crippen molar-refractivity contribution in [3.05, 3.63) is 47.1 Å². The van der Waals surface area contributed by atoms with Gasteiger partial charge in [0, 0.05) is 29.9 Å². The molecule has 2 aliphatic carbocycles. The average Bonchev–Trinajstić information content (AvgIpc) is 3.44. The maximum atomic E-state index is 12.8. The molecule has 0 bridgehead atoms. The molecule has 0 radical (unpaired) electrons. The van der Waals surface area contributed by atoms with Crippen LogP contribution in [-0.2, 0) is 0 Å². The molecule has 3 N–H and O–H groups in total. The molecule has 7 nitrogen and oxygen atoms in total. The van der Waals surface area contributed by atoms with Crippen LogP contribution in [0, 0.1) is 11.8 Å². The summed E-state index contributed by atoms with van der Waals surface area (Å²) in [5.74, 6) is 6.66. The summed E-state index contributed by atoms with van der Waals surface area (Å²) in [6, 6.07) is 3.34. The first-order valence-electron chi connectivity index (χ1n) is 9.62. The summed E-state index contributed by atoms with van der Waals surface area (Å²) in [6.07, 6.45) is 9.79. The van der Waals surface area contributed by atoms with E-state index in [0.717, 1.165) is 50.7 Å². The van der Waals surface area contributed by atoms with E-state index < -0.39 is 11.4 Å². The van der Waals surface area contributed by atoms with Crippen LogP contribution in [0.25, 0.3) is 0 Å². The fraction of sp³-hybridized carbons (Fsp3) is 0.429. The van der Waals surface area contributed by atoms with E-state index in [0.29, 0.717) is 22.7 Å². The van der Waals surface area contributed by atoms with Gasteiger partial charge in [0.05, 0.1) is 5.56 Å². The van der Waals surface area contributed by atoms with Crippen molar-refractivity contribution in [2.75, 3.05) is 0 Å². The van der Waals surface area contributed by atoms with Crippen LogP contribution in [0.15, 0.2) is 29.0 Å². The predicted molar refractivity (Wildman–Crippen MR) is 101 cm³/mol. The molecule has 0 aliphatic heterocycles. The highest BCUT2D eigenvalue weighted by Crippen LogP contribution is 2.40. The molecule has 2 fully saturated rings. The lowest BCUT2D eigenvalue weighted by Crippen LogP contribution is -2.48. The number of carbonyl (C=O) groups excluding carboxylic acids is 2. The van der Waals surface area contributed by atoms with Crippen molar-refractivity contribution >= 4 is 11.8 Å². The second-order valence-electron chi connectivity index (χ2n) is 7.56. The first kappa shape index (κ1) is 18.2. The van der Waals surface area contributed by atoms with Gasteiger partial charge in [-0.1, -0.05) is 36.3 Å². The largest absolute Gasteiger partial charge is 0.366 e. The summed E-state index contributed by atoms with van der Waals surface area (Å²) in [5.41, 5.74) is 5.87. The standard InChI is InChI=1S/C21H22N4O3/c22-19(26)16-10-14(12-23-13-16)6-9-21(7-2-1-3-8-21)24-20(27)17-11-18(28-25-17)15-4-5-15/h10-13,15H,1-5,7-8H2,(H2,22,26)(H,24,27). The van der Waals surface area contributed by atoms with Crippen molar-refractivity contribution in [3.63, 3.8) is 0 Å². The summed E-state index contributed by atoms with van der Waals surface area (Å²) < 4.78 is 5.30. The van der Waals surface area contributed by atoms with Gasteiger partial charge in [0.1, 0.15) is 11.3 Å². The molecule has 0 spiro atoms. The second-order valence-corrected chi connectivity index (χ2v) is 7.56. The smallest absolute Gasteiger partial charge is 0.274 e. The minimum atomic E-state index is -0.628. The molecule has 28 heavy (non-hydrogen) atoms. The van der Waals surface area contributed by atoms with Gasteiger partial charge < -0.3 is 15.6 Å². The number of hydrogen-bond acceptors (Lipinski definition) is 5. The summed E-state index contributed by atoms with van der Waals surface area (Å²) in [6.45, 7) is 0. The minimum absolute atomic E-state index is 0.268. The van der Waals surface area contributed by atoms with Gasteiger partial charge in [-0.25, -0.2) is 0 Å². The van der Waals surface area contributed by atoms with Crippen molar-refractivity contribution in [1.82, 2.24) is 15.5 Å². The molecule has 0 saturated heterocycles. The Balaban J connectivity index is 1.55. The number of nitrogens with two attached hydrogens (primary N) is 1. The first-order valence-corrected chi connectivity index (χ1v) is 9.62. The number of pyridine rings is 1. The minimum Gasteiger partial charge on any atom is -0.366 e. The molecule has 4 rings (SSSR count). The normalized spacial score (nSPS) is 18.0. The molecule has 2 amide bonds. The Morgan fingerprint density at radius 3 is 2.68 bits per heavy atom. The molecule has 2 aromatic heterocycles. The van der Waals surface area contributed by atoms with E-state index in [1.165, 1.54) is 6.20 Å². The predicted octanol–water partition coefficient (Wildman–Crippen LogP) is 2.53. The van der Waals surface area contributed by atoms with Crippen LogP contribution in [0.5, 0.6) is 0 Å². The van der Waals surface area contributed by atoms with Crippen LogP contribution in [0.4, 0.5) is 0 Å². The fourth-order valence-corrected chi connectivity index (χ4v) is 3.51. The summed E-state index contributed by atoms with van der Waals surface area (Å²) in [7, 11) is 0. The number of rotatable bonds is 4. The van der Waals surface area contributed by atoms with E-state index in [-0.39, 0.29) is 5.91 Å². The third-order valence-corrected chi connectivity index (χ3v) is 5.27. The molecule has 2 aromatic rings. The molecule has 2 heterocycles. The van der Waals surface area contributed by atoms with Crippen molar-refractivity contribution in [3.8, 4) is 11.8 Å².